The van der Waals surface area contributed by atoms with Gasteiger partial charge < -0.3 is 19.5 Å². The number of aliphatic hydroxyl groups is 1. The van der Waals surface area contributed by atoms with Crippen molar-refractivity contribution < 1.29 is 19.7 Å². The minimum absolute atomic E-state index is 0.123. The molecule has 0 saturated heterocycles. The molecule has 8 heteroatoms. The number of ether oxygens (including phenoxy) is 1. The summed E-state index contributed by atoms with van der Waals surface area (Å²) in [7, 11) is 0. The fourth-order valence-corrected chi connectivity index (χ4v) is 5.78. The zero-order valence-electron chi connectivity index (χ0n) is 23.8. The van der Waals surface area contributed by atoms with Crippen molar-refractivity contribution in [2.45, 2.75) is 58.8 Å². The summed E-state index contributed by atoms with van der Waals surface area (Å²) in [4.78, 5) is 21.8. The lowest BCUT2D eigenvalue weighted by Gasteiger charge is -2.32. The van der Waals surface area contributed by atoms with Gasteiger partial charge in [0.05, 0.1) is 28.9 Å². The largest absolute Gasteiger partial charge is 0.486 e. The molecule has 1 saturated carbocycles. The molecule has 2 aromatic carbocycles. The highest BCUT2D eigenvalue weighted by Crippen LogP contribution is 2.44. The standard InChI is InChI=1S/C34H34ClN3O4/c1-34(2,33(40)41)17-29-30(31(39)23-7-5-8-23)27-16-26(42-20-25-15-12-22-6-3-4-9-28(22)37-25)18-36-32(27)38(29)19-21-10-13-24(35)14-11-21/h3-4,6,9-16,18,23,31,39H,5,7-8,17,19-20H2,1-2H3,(H,40,41). The van der Waals surface area contributed by atoms with Crippen LogP contribution in [0, 0.1) is 11.3 Å². The second kappa shape index (κ2) is 11.4. The van der Waals surface area contributed by atoms with Crippen LogP contribution < -0.4 is 4.74 Å². The number of aliphatic carboxylic acids is 1. The van der Waals surface area contributed by atoms with E-state index in [1.54, 1.807) is 20.0 Å². The number of aliphatic hydroxyl groups excluding tert-OH is 1. The van der Waals surface area contributed by atoms with Crippen LogP contribution in [-0.4, -0.2) is 30.7 Å². The summed E-state index contributed by atoms with van der Waals surface area (Å²) in [5, 5.41) is 24.3. The number of para-hydroxylation sites is 1. The second-order valence-corrected chi connectivity index (χ2v) is 12.3. The summed E-state index contributed by atoms with van der Waals surface area (Å²) in [5.41, 5.74) is 3.87. The van der Waals surface area contributed by atoms with Crippen molar-refractivity contribution in [1.29, 1.82) is 0 Å². The molecular weight excluding hydrogens is 550 g/mol. The van der Waals surface area contributed by atoms with Crippen LogP contribution in [0.25, 0.3) is 21.9 Å². The first-order valence-corrected chi connectivity index (χ1v) is 14.7. The van der Waals surface area contributed by atoms with E-state index >= 15 is 0 Å². The van der Waals surface area contributed by atoms with Crippen molar-refractivity contribution in [3.63, 3.8) is 0 Å². The SMILES string of the molecule is CC(C)(Cc1c(C(O)C2CCC2)c2cc(OCc3ccc4ccccc4n3)cnc2n1Cc1ccc(Cl)cc1)C(=O)O. The lowest BCUT2D eigenvalue weighted by atomic mass is 9.77. The number of rotatable bonds is 10. The third-order valence-electron chi connectivity index (χ3n) is 8.40. The van der Waals surface area contributed by atoms with Crippen LogP contribution in [-0.2, 0) is 24.4 Å². The molecule has 6 rings (SSSR count). The molecule has 1 unspecified atom stereocenters. The minimum atomic E-state index is -1.05. The number of hydrogen-bond acceptors (Lipinski definition) is 5. The molecule has 1 fully saturated rings. The Kier molecular flexibility index (Phi) is 7.64. The number of carbonyl (C=O) groups is 1. The van der Waals surface area contributed by atoms with E-state index in [2.05, 4.69) is 4.57 Å². The van der Waals surface area contributed by atoms with Crippen molar-refractivity contribution in [2.24, 2.45) is 11.3 Å². The lowest BCUT2D eigenvalue weighted by molar-refractivity contribution is -0.146. The Morgan fingerprint density at radius 1 is 1.12 bits per heavy atom. The van der Waals surface area contributed by atoms with E-state index in [-0.39, 0.29) is 18.9 Å². The monoisotopic (exact) mass is 583 g/mol. The Bertz CT molecular complexity index is 1760. The first kappa shape index (κ1) is 28.2. The highest BCUT2D eigenvalue weighted by atomic mass is 35.5. The van der Waals surface area contributed by atoms with Crippen LogP contribution in [0.2, 0.25) is 5.02 Å². The predicted molar refractivity (Wildman–Crippen MR) is 164 cm³/mol. The maximum Gasteiger partial charge on any atom is 0.309 e. The quantitative estimate of drug-likeness (QED) is 0.178. The summed E-state index contributed by atoms with van der Waals surface area (Å²) >= 11 is 6.15. The van der Waals surface area contributed by atoms with Crippen LogP contribution in [0.15, 0.2) is 72.9 Å². The molecule has 2 N–H and O–H groups in total. The van der Waals surface area contributed by atoms with Gasteiger partial charge in [0.2, 0.25) is 0 Å². The topological polar surface area (TPSA) is 97.5 Å². The fraction of sp³-hybridized carbons (Fsp3) is 0.324. The van der Waals surface area contributed by atoms with Gasteiger partial charge in [-0.2, -0.15) is 0 Å². The van der Waals surface area contributed by atoms with Crippen LogP contribution in [0.3, 0.4) is 0 Å². The number of fused-ring (bicyclic) bond motifs is 2. The molecule has 3 heterocycles. The van der Waals surface area contributed by atoms with Crippen molar-refractivity contribution in [3.05, 3.63) is 100 Å². The first-order valence-electron chi connectivity index (χ1n) is 14.3. The van der Waals surface area contributed by atoms with Gasteiger partial charge >= 0.3 is 5.97 Å². The lowest BCUT2D eigenvalue weighted by Crippen LogP contribution is -2.29. The number of hydrogen-bond donors (Lipinski definition) is 2. The Morgan fingerprint density at radius 2 is 1.88 bits per heavy atom. The molecule has 3 aromatic heterocycles. The molecule has 0 aliphatic heterocycles. The molecule has 7 nitrogen and oxygen atoms in total. The third-order valence-corrected chi connectivity index (χ3v) is 8.65. The molecule has 0 amide bonds. The summed E-state index contributed by atoms with van der Waals surface area (Å²) in [6.07, 6.45) is 4.14. The van der Waals surface area contributed by atoms with Crippen LogP contribution in [0.1, 0.15) is 61.7 Å². The van der Waals surface area contributed by atoms with Gasteiger partial charge in [-0.15, -0.1) is 0 Å². The van der Waals surface area contributed by atoms with Gasteiger partial charge in [0, 0.05) is 40.0 Å². The van der Waals surface area contributed by atoms with E-state index in [0.29, 0.717) is 23.0 Å². The predicted octanol–water partition coefficient (Wildman–Crippen LogP) is 7.35. The van der Waals surface area contributed by atoms with Gasteiger partial charge in [-0.25, -0.2) is 9.97 Å². The molecule has 0 bridgehead atoms. The normalized spacial score (nSPS) is 14.7. The van der Waals surface area contributed by atoms with Crippen molar-refractivity contribution in [1.82, 2.24) is 14.5 Å². The van der Waals surface area contributed by atoms with Gasteiger partial charge in [-0.3, -0.25) is 4.79 Å². The number of carboxylic acid groups (broad SMARTS) is 1. The number of pyridine rings is 2. The molecule has 216 valence electrons. The van der Waals surface area contributed by atoms with Gasteiger partial charge in [0.15, 0.2) is 0 Å². The molecule has 5 aromatic rings. The molecule has 0 spiro atoms. The van der Waals surface area contributed by atoms with Crippen LogP contribution in [0.5, 0.6) is 5.75 Å². The Labute approximate surface area is 249 Å². The third kappa shape index (κ3) is 5.59. The number of aromatic nitrogens is 3. The summed E-state index contributed by atoms with van der Waals surface area (Å²) in [6.45, 7) is 4.17. The van der Waals surface area contributed by atoms with E-state index < -0.39 is 17.5 Å². The molecule has 1 aliphatic carbocycles. The molecule has 0 radical (unpaired) electrons. The highest BCUT2D eigenvalue weighted by molar-refractivity contribution is 6.30. The number of nitrogens with zero attached hydrogens (tertiary/aromatic N) is 3. The van der Waals surface area contributed by atoms with Gasteiger partial charge in [0.1, 0.15) is 18.0 Å². The van der Waals surface area contributed by atoms with Gasteiger partial charge in [-0.05, 0) is 68.5 Å². The van der Waals surface area contributed by atoms with Crippen molar-refractivity contribution >= 4 is 39.5 Å². The van der Waals surface area contributed by atoms with E-state index in [4.69, 9.17) is 26.3 Å². The zero-order chi connectivity index (χ0) is 29.4. The van der Waals surface area contributed by atoms with Gasteiger partial charge in [0.25, 0.3) is 0 Å². The number of halogens is 1. The van der Waals surface area contributed by atoms with Crippen LogP contribution >= 0.6 is 11.6 Å². The molecular formula is C34H34ClN3O4. The van der Waals surface area contributed by atoms with Crippen molar-refractivity contribution in [2.75, 3.05) is 0 Å². The maximum absolute atomic E-state index is 12.3. The van der Waals surface area contributed by atoms with Gasteiger partial charge in [-0.1, -0.05) is 54.4 Å². The fourth-order valence-electron chi connectivity index (χ4n) is 5.65. The Balaban J connectivity index is 1.43. The minimum Gasteiger partial charge on any atom is -0.486 e. The smallest absolute Gasteiger partial charge is 0.309 e. The summed E-state index contributed by atoms with van der Waals surface area (Å²) < 4.78 is 8.23. The van der Waals surface area contributed by atoms with Crippen molar-refractivity contribution in [3.8, 4) is 5.75 Å². The van der Waals surface area contributed by atoms with E-state index in [1.807, 2.05) is 66.7 Å². The molecule has 1 atom stereocenters. The highest BCUT2D eigenvalue weighted by Gasteiger charge is 2.36. The Morgan fingerprint density at radius 3 is 2.60 bits per heavy atom. The Hall–Kier alpha value is -3.94. The molecule has 42 heavy (non-hydrogen) atoms. The van der Waals surface area contributed by atoms with Crippen LogP contribution in [0.4, 0.5) is 0 Å². The molecule has 1 aliphatic rings. The summed E-state index contributed by atoms with van der Waals surface area (Å²) in [5.74, 6) is -0.209. The second-order valence-electron chi connectivity index (χ2n) is 11.9. The number of benzene rings is 2. The van der Waals surface area contributed by atoms with E-state index in [1.165, 1.54) is 0 Å². The first-order chi connectivity index (χ1) is 20.2. The zero-order valence-corrected chi connectivity index (χ0v) is 24.5. The number of carboxylic acids is 1. The maximum atomic E-state index is 12.3. The average Bonchev–Trinajstić information content (AvgIpc) is 3.23. The average molecular weight is 584 g/mol. The van der Waals surface area contributed by atoms with E-state index in [0.717, 1.165) is 58.1 Å². The summed E-state index contributed by atoms with van der Waals surface area (Å²) in [6, 6.07) is 21.5. The van der Waals surface area contributed by atoms with E-state index in [9.17, 15) is 15.0 Å².